The Morgan fingerprint density at radius 1 is 1.38 bits per heavy atom. The molecule has 1 aromatic rings. The number of nitrogens with two attached hydrogens (primary N) is 1. The molecule has 0 saturated carbocycles. The van der Waals surface area contributed by atoms with Crippen molar-refractivity contribution in [2.45, 2.75) is 23.7 Å². The number of thiophene rings is 1. The number of sulfone groups is 1. The minimum Gasteiger partial charge on any atom is -0.326 e. The zero-order chi connectivity index (χ0) is 15.7. The van der Waals surface area contributed by atoms with Gasteiger partial charge < -0.3 is 5.73 Å². The molecule has 1 atom stereocenters. The summed E-state index contributed by atoms with van der Waals surface area (Å²) in [7, 11) is -7.25. The third-order valence-corrected chi connectivity index (χ3v) is 9.71. The van der Waals surface area contributed by atoms with Crippen LogP contribution in [0.2, 0.25) is 0 Å². The molecule has 6 nitrogen and oxygen atoms in total. The fourth-order valence-electron chi connectivity index (χ4n) is 2.05. The molecule has 2 N–H and O–H groups in total. The molecule has 0 bridgehead atoms. The van der Waals surface area contributed by atoms with E-state index >= 15 is 0 Å². The van der Waals surface area contributed by atoms with Gasteiger partial charge >= 0.3 is 0 Å². The lowest BCUT2D eigenvalue weighted by Gasteiger charge is -2.33. The van der Waals surface area contributed by atoms with Crippen molar-refractivity contribution in [3.05, 3.63) is 16.3 Å². The van der Waals surface area contributed by atoms with Crippen molar-refractivity contribution in [3.63, 3.8) is 0 Å². The van der Waals surface area contributed by atoms with Gasteiger partial charge in [-0.3, -0.25) is 0 Å². The van der Waals surface area contributed by atoms with Gasteiger partial charge in [-0.05, 0) is 6.07 Å². The van der Waals surface area contributed by atoms with Crippen molar-refractivity contribution in [2.24, 2.45) is 5.73 Å². The van der Waals surface area contributed by atoms with Gasteiger partial charge in [0.25, 0.3) is 0 Å². The molecule has 1 aromatic heterocycles. The highest BCUT2D eigenvalue weighted by Crippen LogP contribution is 2.29. The lowest BCUT2D eigenvalue weighted by Crippen LogP contribution is -2.50. The van der Waals surface area contributed by atoms with Crippen molar-refractivity contribution in [3.8, 4) is 0 Å². The van der Waals surface area contributed by atoms with Gasteiger partial charge in [0.15, 0.2) is 9.84 Å². The van der Waals surface area contributed by atoms with Crippen molar-refractivity contribution in [2.75, 3.05) is 23.8 Å². The van der Waals surface area contributed by atoms with Gasteiger partial charge in [0.05, 0.1) is 4.90 Å². The average molecular weight is 371 g/mol. The highest BCUT2D eigenvalue weighted by Gasteiger charge is 2.40. The zero-order valence-electron chi connectivity index (χ0n) is 11.6. The van der Waals surface area contributed by atoms with Crippen molar-refractivity contribution in [1.29, 1.82) is 0 Å². The molecule has 1 aliphatic heterocycles. The van der Waals surface area contributed by atoms with Gasteiger partial charge in [-0.25, -0.2) is 16.8 Å². The Morgan fingerprint density at radius 3 is 2.67 bits per heavy atom. The lowest BCUT2D eigenvalue weighted by molar-refractivity contribution is 0.404. The largest absolute Gasteiger partial charge is 0.326 e. The first-order valence-electron chi connectivity index (χ1n) is 6.41. The molecule has 120 valence electrons. The molecule has 0 amide bonds. The first-order valence-corrected chi connectivity index (χ1v) is 11.6. The molecule has 1 saturated heterocycles. The van der Waals surface area contributed by atoms with Crippen LogP contribution in [-0.4, -0.2) is 50.3 Å². The maximum absolute atomic E-state index is 12.7. The Bertz CT molecular complexity index is 696. The Hall–Kier alpha value is -0.130. The summed E-state index contributed by atoms with van der Waals surface area (Å²) in [5.74, 6) is 0.814. The van der Waals surface area contributed by atoms with E-state index in [1.54, 1.807) is 0 Å². The van der Waals surface area contributed by atoms with E-state index in [9.17, 15) is 16.8 Å². The monoisotopic (exact) mass is 370 g/mol. The minimum absolute atomic E-state index is 0.0675. The van der Waals surface area contributed by atoms with Crippen LogP contribution in [0.4, 0.5) is 0 Å². The minimum atomic E-state index is -3.80. The van der Waals surface area contributed by atoms with Gasteiger partial charge in [-0.15, -0.1) is 11.3 Å². The third kappa shape index (κ3) is 3.45. The van der Waals surface area contributed by atoms with Crippen LogP contribution in [-0.2, 0) is 26.4 Å². The predicted octanol–water partition coefficient (Wildman–Crippen LogP) is 0.705. The topological polar surface area (TPSA) is 97.5 Å². The van der Waals surface area contributed by atoms with E-state index in [4.69, 9.17) is 5.73 Å². The second-order valence-electron chi connectivity index (χ2n) is 4.55. The molecular weight excluding hydrogens is 352 g/mol. The molecule has 1 fully saturated rings. The Labute approximate surface area is 133 Å². The predicted molar refractivity (Wildman–Crippen MR) is 86.7 cm³/mol. The van der Waals surface area contributed by atoms with Crippen LogP contribution >= 0.6 is 23.1 Å². The molecule has 2 heterocycles. The summed E-state index contributed by atoms with van der Waals surface area (Å²) < 4.78 is 50.9. The Balaban J connectivity index is 2.40. The molecule has 0 aromatic carbocycles. The fourth-order valence-corrected chi connectivity index (χ4v) is 8.45. The number of hydrogen-bond donors (Lipinski definition) is 1. The van der Waals surface area contributed by atoms with Crippen molar-refractivity contribution >= 4 is 43.0 Å². The molecular formula is C11H18N2O4S4. The van der Waals surface area contributed by atoms with E-state index in [0.29, 0.717) is 5.75 Å². The summed E-state index contributed by atoms with van der Waals surface area (Å²) >= 11 is 2.74. The van der Waals surface area contributed by atoms with E-state index in [1.807, 2.05) is 0 Å². The van der Waals surface area contributed by atoms with Crippen LogP contribution in [0.15, 0.2) is 16.3 Å². The molecule has 10 heteroatoms. The lowest BCUT2D eigenvalue weighted by atomic mass is 10.5. The molecule has 21 heavy (non-hydrogen) atoms. The SMILES string of the molecule is CCS(=O)(=O)C1CSCCN1S(=O)(=O)c1csc(CN)c1. The molecule has 1 unspecified atom stereocenters. The average Bonchev–Trinajstić information content (AvgIpc) is 2.97. The van der Waals surface area contributed by atoms with Crippen LogP contribution < -0.4 is 5.73 Å². The molecule has 0 radical (unpaired) electrons. The second-order valence-corrected chi connectivity index (χ2v) is 11.0. The van der Waals surface area contributed by atoms with Gasteiger partial charge in [0.1, 0.15) is 5.37 Å². The Morgan fingerprint density at radius 2 is 2.10 bits per heavy atom. The summed E-state index contributed by atoms with van der Waals surface area (Å²) in [6, 6.07) is 1.53. The van der Waals surface area contributed by atoms with Crippen LogP contribution in [0.5, 0.6) is 0 Å². The van der Waals surface area contributed by atoms with E-state index in [-0.39, 0.29) is 29.5 Å². The quantitative estimate of drug-likeness (QED) is 0.819. The van der Waals surface area contributed by atoms with Gasteiger partial charge in [0.2, 0.25) is 10.0 Å². The van der Waals surface area contributed by atoms with Gasteiger partial charge in [-0.1, -0.05) is 6.92 Å². The number of rotatable bonds is 5. The van der Waals surface area contributed by atoms with Crippen molar-refractivity contribution in [1.82, 2.24) is 4.31 Å². The van der Waals surface area contributed by atoms with Crippen LogP contribution in [0.25, 0.3) is 0 Å². The number of sulfonamides is 1. The summed E-state index contributed by atoms with van der Waals surface area (Å²) in [5, 5.41) is 0.544. The van der Waals surface area contributed by atoms with Crippen LogP contribution in [0, 0.1) is 0 Å². The maximum Gasteiger partial charge on any atom is 0.245 e. The molecule has 0 spiro atoms. The summed E-state index contributed by atoms with van der Waals surface area (Å²) in [6.07, 6.45) is 0. The first-order chi connectivity index (χ1) is 9.82. The first kappa shape index (κ1) is 17.2. The standard InChI is InChI=1S/C11H18N2O4S4/c1-2-20(14,15)11-8-18-4-3-13(11)21(16,17)10-5-9(6-12)19-7-10/h5,7,11H,2-4,6,8,12H2,1H3. The Kier molecular flexibility index (Phi) is 5.37. The normalized spacial score (nSPS) is 21.5. The molecule has 1 aliphatic rings. The van der Waals surface area contributed by atoms with E-state index in [2.05, 4.69) is 0 Å². The van der Waals surface area contributed by atoms with Gasteiger partial charge in [-0.2, -0.15) is 16.1 Å². The van der Waals surface area contributed by atoms with Gasteiger partial charge in [0, 0.05) is 40.6 Å². The fraction of sp³-hybridized carbons (Fsp3) is 0.636. The van der Waals surface area contributed by atoms with E-state index in [1.165, 1.54) is 41.5 Å². The third-order valence-electron chi connectivity index (χ3n) is 3.29. The zero-order valence-corrected chi connectivity index (χ0v) is 14.8. The highest BCUT2D eigenvalue weighted by atomic mass is 32.2. The summed E-state index contributed by atoms with van der Waals surface area (Å²) in [5.41, 5.74) is 5.51. The van der Waals surface area contributed by atoms with Crippen molar-refractivity contribution < 1.29 is 16.8 Å². The molecule has 0 aliphatic carbocycles. The summed E-state index contributed by atoms with van der Waals surface area (Å²) in [4.78, 5) is 0.894. The van der Waals surface area contributed by atoms with E-state index in [0.717, 1.165) is 9.18 Å². The highest BCUT2D eigenvalue weighted by molar-refractivity contribution is 8.01. The number of nitrogens with zero attached hydrogens (tertiary/aromatic N) is 1. The van der Waals surface area contributed by atoms with Crippen LogP contribution in [0.1, 0.15) is 11.8 Å². The number of hydrogen-bond acceptors (Lipinski definition) is 7. The maximum atomic E-state index is 12.7. The molecule has 2 rings (SSSR count). The number of thioether (sulfide) groups is 1. The van der Waals surface area contributed by atoms with Crippen LogP contribution in [0.3, 0.4) is 0 Å². The van der Waals surface area contributed by atoms with E-state index < -0.39 is 25.2 Å². The summed E-state index contributed by atoms with van der Waals surface area (Å²) in [6.45, 7) is 2.02. The second kappa shape index (κ2) is 6.55. The smallest absolute Gasteiger partial charge is 0.245 e.